The summed E-state index contributed by atoms with van der Waals surface area (Å²) in [7, 11) is 3.85. The van der Waals surface area contributed by atoms with Crippen molar-refractivity contribution >= 4 is 5.91 Å². The van der Waals surface area contributed by atoms with Gasteiger partial charge in [0.25, 0.3) is 5.91 Å². The van der Waals surface area contributed by atoms with Crippen molar-refractivity contribution in [3.05, 3.63) is 17.7 Å². The number of hydrogen-bond acceptors (Lipinski definition) is 4. The summed E-state index contributed by atoms with van der Waals surface area (Å²) in [6.45, 7) is 3.45. The molecule has 1 aliphatic heterocycles. The molecule has 1 atom stereocenters. The van der Waals surface area contributed by atoms with Crippen molar-refractivity contribution in [1.82, 2.24) is 19.8 Å². The molecule has 1 saturated heterocycles. The summed E-state index contributed by atoms with van der Waals surface area (Å²) < 4.78 is 0. The molecule has 2 heterocycles. The maximum Gasteiger partial charge on any atom is 0.274 e. The first kappa shape index (κ1) is 14.0. The van der Waals surface area contributed by atoms with E-state index in [2.05, 4.69) is 9.97 Å². The molecule has 0 unspecified atom stereocenters. The second-order valence-corrected chi connectivity index (χ2v) is 5.67. The third-order valence-electron chi connectivity index (χ3n) is 3.49. The van der Waals surface area contributed by atoms with Crippen LogP contribution in [0, 0.1) is 6.92 Å². The molecule has 0 radical (unpaired) electrons. The van der Waals surface area contributed by atoms with Crippen LogP contribution in [-0.2, 0) is 0 Å². The van der Waals surface area contributed by atoms with E-state index in [1.165, 1.54) is 6.33 Å². The van der Waals surface area contributed by atoms with Crippen LogP contribution >= 0.6 is 0 Å². The summed E-state index contributed by atoms with van der Waals surface area (Å²) >= 11 is 0. The van der Waals surface area contributed by atoms with Gasteiger partial charge in [-0.3, -0.25) is 4.79 Å². The Morgan fingerprint density at radius 2 is 2.37 bits per heavy atom. The summed E-state index contributed by atoms with van der Waals surface area (Å²) in [6.07, 6.45) is 3.08. The van der Waals surface area contributed by atoms with Gasteiger partial charge in [0.05, 0.1) is 18.5 Å². The molecular formula is C13H22N4O2. The largest absolute Gasteiger partial charge is 0.387 e. The number of aromatic nitrogens is 2. The summed E-state index contributed by atoms with van der Waals surface area (Å²) in [4.78, 5) is 23.0. The molecule has 0 saturated carbocycles. The number of likely N-dealkylation sites (N-methyl/N-ethyl adjacent to an activating group) is 1. The van der Waals surface area contributed by atoms with Gasteiger partial charge in [-0.25, -0.2) is 4.98 Å². The fourth-order valence-electron chi connectivity index (χ4n) is 2.73. The van der Waals surface area contributed by atoms with E-state index in [9.17, 15) is 9.90 Å². The molecule has 2 N–H and O–H groups in total. The number of nitrogens with zero attached hydrogens (tertiary/aromatic N) is 3. The van der Waals surface area contributed by atoms with Gasteiger partial charge in [-0.2, -0.15) is 0 Å². The van der Waals surface area contributed by atoms with Crippen LogP contribution in [0.25, 0.3) is 0 Å². The van der Waals surface area contributed by atoms with Crippen molar-refractivity contribution in [1.29, 1.82) is 0 Å². The molecule has 1 amide bonds. The zero-order valence-electron chi connectivity index (χ0n) is 11.8. The van der Waals surface area contributed by atoms with E-state index >= 15 is 0 Å². The van der Waals surface area contributed by atoms with Gasteiger partial charge < -0.3 is 19.9 Å². The standard InChI is InChI=1S/C13H22N4O2/c1-10-11(15-9-14-10)12(18)17-6-4-5-13(19,8-17)7-16(2)3/h9,19H,4-8H2,1-3H3,(H,14,15)/t13-/m0/s1. The molecular weight excluding hydrogens is 244 g/mol. The highest BCUT2D eigenvalue weighted by molar-refractivity contribution is 5.93. The van der Waals surface area contributed by atoms with Crippen molar-refractivity contribution in [3.63, 3.8) is 0 Å². The second-order valence-electron chi connectivity index (χ2n) is 5.67. The smallest absolute Gasteiger partial charge is 0.274 e. The minimum absolute atomic E-state index is 0.101. The van der Waals surface area contributed by atoms with Crippen LogP contribution in [-0.4, -0.2) is 70.1 Å². The number of imidazole rings is 1. The van der Waals surface area contributed by atoms with E-state index in [4.69, 9.17) is 0 Å². The molecule has 2 rings (SSSR count). The Kier molecular flexibility index (Phi) is 3.91. The van der Waals surface area contributed by atoms with Crippen molar-refractivity contribution in [2.45, 2.75) is 25.4 Å². The Hall–Kier alpha value is -1.40. The SMILES string of the molecule is Cc1[nH]cnc1C(=O)N1CCC[C@](O)(CN(C)C)C1. The van der Waals surface area contributed by atoms with Gasteiger partial charge in [0.1, 0.15) is 5.69 Å². The van der Waals surface area contributed by atoms with Crippen molar-refractivity contribution < 1.29 is 9.90 Å². The number of aryl methyl sites for hydroxylation is 1. The van der Waals surface area contributed by atoms with Crippen molar-refractivity contribution in [2.75, 3.05) is 33.7 Å². The van der Waals surface area contributed by atoms with Crippen LogP contribution in [0.3, 0.4) is 0 Å². The zero-order valence-corrected chi connectivity index (χ0v) is 11.8. The van der Waals surface area contributed by atoms with Gasteiger partial charge in [-0.05, 0) is 33.9 Å². The number of likely N-dealkylation sites (tertiary alicyclic amines) is 1. The molecule has 1 fully saturated rings. The third kappa shape index (κ3) is 3.13. The molecule has 0 bridgehead atoms. The fourth-order valence-corrected chi connectivity index (χ4v) is 2.73. The molecule has 1 aliphatic rings. The lowest BCUT2D eigenvalue weighted by Gasteiger charge is -2.40. The van der Waals surface area contributed by atoms with E-state index in [-0.39, 0.29) is 5.91 Å². The van der Waals surface area contributed by atoms with Gasteiger partial charge in [0, 0.05) is 18.8 Å². The van der Waals surface area contributed by atoms with E-state index in [0.717, 1.165) is 18.5 Å². The van der Waals surface area contributed by atoms with Crippen LogP contribution in [0.4, 0.5) is 0 Å². The monoisotopic (exact) mass is 266 g/mol. The lowest BCUT2D eigenvalue weighted by molar-refractivity contribution is -0.0392. The molecule has 106 valence electrons. The predicted molar refractivity (Wildman–Crippen MR) is 72.0 cm³/mol. The average Bonchev–Trinajstić information content (AvgIpc) is 2.73. The first-order valence-corrected chi connectivity index (χ1v) is 6.58. The summed E-state index contributed by atoms with van der Waals surface area (Å²) in [5.74, 6) is -0.101. The molecule has 6 nitrogen and oxygen atoms in total. The van der Waals surface area contributed by atoms with Gasteiger partial charge in [0.15, 0.2) is 0 Å². The minimum atomic E-state index is -0.818. The number of rotatable bonds is 3. The Labute approximate surface area is 113 Å². The highest BCUT2D eigenvalue weighted by atomic mass is 16.3. The fraction of sp³-hybridized carbons (Fsp3) is 0.692. The molecule has 0 spiro atoms. The molecule has 0 aliphatic carbocycles. The molecule has 6 heteroatoms. The molecule has 1 aromatic heterocycles. The highest BCUT2D eigenvalue weighted by Gasteiger charge is 2.36. The van der Waals surface area contributed by atoms with E-state index < -0.39 is 5.60 Å². The molecule has 19 heavy (non-hydrogen) atoms. The normalized spacial score (nSPS) is 23.9. The number of H-pyrrole nitrogens is 1. The van der Waals surface area contributed by atoms with Crippen molar-refractivity contribution in [2.24, 2.45) is 0 Å². The summed E-state index contributed by atoms with van der Waals surface area (Å²) in [6, 6.07) is 0. The number of nitrogens with one attached hydrogen (secondary N) is 1. The van der Waals surface area contributed by atoms with Gasteiger partial charge in [0.2, 0.25) is 0 Å². The van der Waals surface area contributed by atoms with Crippen LogP contribution in [0.1, 0.15) is 29.0 Å². The number of aromatic amines is 1. The Morgan fingerprint density at radius 1 is 1.63 bits per heavy atom. The number of piperidine rings is 1. The average molecular weight is 266 g/mol. The second kappa shape index (κ2) is 5.30. The maximum absolute atomic E-state index is 12.4. The number of β-amino-alcohol motifs (C(OH)–C–C–N with tert-alkyl or cyclic N) is 1. The number of aliphatic hydroxyl groups is 1. The summed E-state index contributed by atoms with van der Waals surface area (Å²) in [5, 5.41) is 10.6. The Morgan fingerprint density at radius 3 is 2.95 bits per heavy atom. The minimum Gasteiger partial charge on any atom is -0.387 e. The van der Waals surface area contributed by atoms with Gasteiger partial charge >= 0.3 is 0 Å². The van der Waals surface area contributed by atoms with Gasteiger partial charge in [-0.15, -0.1) is 0 Å². The zero-order chi connectivity index (χ0) is 14.0. The number of carbonyl (C=O) groups excluding carboxylic acids is 1. The van der Waals surface area contributed by atoms with E-state index in [1.807, 2.05) is 25.9 Å². The number of carbonyl (C=O) groups is 1. The van der Waals surface area contributed by atoms with Crippen molar-refractivity contribution in [3.8, 4) is 0 Å². The van der Waals surface area contributed by atoms with E-state index in [1.54, 1.807) is 4.90 Å². The number of amides is 1. The highest BCUT2D eigenvalue weighted by Crippen LogP contribution is 2.23. The Balaban J connectivity index is 2.09. The molecule has 0 aromatic carbocycles. The van der Waals surface area contributed by atoms with Crippen LogP contribution < -0.4 is 0 Å². The lowest BCUT2D eigenvalue weighted by Crippen LogP contribution is -2.54. The van der Waals surface area contributed by atoms with Gasteiger partial charge in [-0.1, -0.05) is 0 Å². The first-order valence-electron chi connectivity index (χ1n) is 6.58. The van der Waals surface area contributed by atoms with Crippen LogP contribution in [0.5, 0.6) is 0 Å². The van der Waals surface area contributed by atoms with E-state index in [0.29, 0.717) is 25.3 Å². The van der Waals surface area contributed by atoms with Crippen LogP contribution in [0.15, 0.2) is 6.33 Å². The summed E-state index contributed by atoms with van der Waals surface area (Å²) in [5.41, 5.74) is 0.405. The van der Waals surface area contributed by atoms with Crippen LogP contribution in [0.2, 0.25) is 0 Å². The lowest BCUT2D eigenvalue weighted by atomic mass is 9.92. The quantitative estimate of drug-likeness (QED) is 0.822. The Bertz CT molecular complexity index is 457. The first-order chi connectivity index (χ1) is 8.91. The maximum atomic E-state index is 12.4. The predicted octanol–water partition coefficient (Wildman–Crippen LogP) is 0.247. The molecule has 1 aromatic rings. The number of hydrogen-bond donors (Lipinski definition) is 2. The topological polar surface area (TPSA) is 72.5 Å². The third-order valence-corrected chi connectivity index (χ3v) is 3.49.